The van der Waals surface area contributed by atoms with Gasteiger partial charge in [-0.3, -0.25) is 9.48 Å². The molecular formula is C15H16N6OS. The average Bonchev–Trinajstić information content (AvgIpc) is 3.00. The van der Waals surface area contributed by atoms with Crippen LogP contribution in [-0.4, -0.2) is 26.2 Å². The average molecular weight is 328 g/mol. The van der Waals surface area contributed by atoms with Crippen LogP contribution in [0.25, 0.3) is 22.2 Å². The summed E-state index contributed by atoms with van der Waals surface area (Å²) in [6.45, 7) is 0. The van der Waals surface area contributed by atoms with E-state index in [1.54, 1.807) is 16.9 Å². The van der Waals surface area contributed by atoms with Crippen molar-refractivity contribution in [3.63, 3.8) is 0 Å². The van der Waals surface area contributed by atoms with E-state index in [0.717, 1.165) is 28.4 Å². The third-order valence-corrected chi connectivity index (χ3v) is 3.14. The van der Waals surface area contributed by atoms with Gasteiger partial charge in [0, 0.05) is 29.8 Å². The topological polar surface area (TPSA) is 112 Å². The minimum absolute atomic E-state index is 0.116. The number of nitrogens with zero attached hydrogens (tertiary/aromatic N) is 3. The Morgan fingerprint density at radius 3 is 2.65 bits per heavy atom. The minimum Gasteiger partial charge on any atom is -0.375 e. The highest BCUT2D eigenvalue weighted by atomic mass is 32.1. The van der Waals surface area contributed by atoms with Gasteiger partial charge in [0.15, 0.2) is 11.4 Å². The summed E-state index contributed by atoms with van der Waals surface area (Å²) in [7, 11) is 1.85. The van der Waals surface area contributed by atoms with Crippen LogP contribution in [0.15, 0.2) is 42.7 Å². The lowest BCUT2D eigenvalue weighted by molar-refractivity contribution is 0.112. The number of hydrogen-bond acceptors (Lipinski definition) is 5. The van der Waals surface area contributed by atoms with E-state index in [1.165, 1.54) is 0 Å². The van der Waals surface area contributed by atoms with Gasteiger partial charge in [-0.05, 0) is 24.4 Å². The quantitative estimate of drug-likeness (QED) is 0.280. The second kappa shape index (κ2) is 7.43. The number of nitrogens with two attached hydrogens (primary N) is 2. The molecule has 3 rings (SSSR count). The van der Waals surface area contributed by atoms with Gasteiger partial charge in [0.2, 0.25) is 0 Å². The second-order valence-electron chi connectivity index (χ2n) is 4.64. The Bertz CT molecular complexity index is 845. The first-order valence-electron chi connectivity index (χ1n) is 6.65. The molecule has 0 aliphatic heterocycles. The van der Waals surface area contributed by atoms with Crippen molar-refractivity contribution in [2.45, 2.75) is 0 Å². The molecule has 0 fully saturated rings. The largest absolute Gasteiger partial charge is 0.375 e. The van der Waals surface area contributed by atoms with Crippen LogP contribution in [0, 0.1) is 0 Å². The summed E-state index contributed by atoms with van der Waals surface area (Å²) >= 11 is 4.24. The van der Waals surface area contributed by atoms with E-state index < -0.39 is 0 Å². The minimum atomic E-state index is 0.116. The number of fused-ring (bicyclic) bond motifs is 1. The Morgan fingerprint density at radius 1 is 1.39 bits per heavy atom. The SMILES string of the molecule is Cn1cc(-c2cc(C=O)c3ccccc3n2)cn1.NNC(N)=S. The number of aromatic nitrogens is 3. The van der Waals surface area contributed by atoms with Gasteiger partial charge in [-0.1, -0.05) is 18.2 Å². The molecule has 0 atom stereocenters. The number of hydrazine groups is 1. The van der Waals surface area contributed by atoms with Crippen LogP contribution in [-0.2, 0) is 7.05 Å². The molecule has 1 aromatic carbocycles. The van der Waals surface area contributed by atoms with Crippen LogP contribution < -0.4 is 17.0 Å². The Balaban J connectivity index is 0.000000338. The molecule has 0 spiro atoms. The number of nitrogens with one attached hydrogen (secondary N) is 1. The van der Waals surface area contributed by atoms with Crippen LogP contribution in [0.2, 0.25) is 0 Å². The van der Waals surface area contributed by atoms with E-state index in [0.29, 0.717) is 5.56 Å². The summed E-state index contributed by atoms with van der Waals surface area (Å²) < 4.78 is 1.72. The first kappa shape index (κ1) is 16.5. The number of pyridine rings is 1. The smallest absolute Gasteiger partial charge is 0.177 e. The van der Waals surface area contributed by atoms with E-state index in [-0.39, 0.29) is 5.11 Å². The molecule has 0 aliphatic rings. The maximum atomic E-state index is 11.2. The van der Waals surface area contributed by atoms with Crippen LogP contribution in [0.5, 0.6) is 0 Å². The molecule has 8 heteroatoms. The summed E-state index contributed by atoms with van der Waals surface area (Å²) in [5.74, 6) is 4.66. The van der Waals surface area contributed by atoms with Crippen molar-refractivity contribution < 1.29 is 4.79 Å². The van der Waals surface area contributed by atoms with Crippen LogP contribution in [0.1, 0.15) is 10.4 Å². The Hall–Kier alpha value is -2.84. The number of hydrogen-bond donors (Lipinski definition) is 3. The molecule has 23 heavy (non-hydrogen) atoms. The maximum Gasteiger partial charge on any atom is 0.177 e. The first-order chi connectivity index (χ1) is 11.0. The molecule has 0 saturated carbocycles. The van der Waals surface area contributed by atoms with Crippen molar-refractivity contribution >= 4 is 34.5 Å². The number of carbonyl (C=O) groups is 1. The van der Waals surface area contributed by atoms with Gasteiger partial charge in [-0.25, -0.2) is 10.8 Å². The fraction of sp³-hybridized carbons (Fsp3) is 0.0667. The third kappa shape index (κ3) is 4.09. The zero-order valence-corrected chi connectivity index (χ0v) is 13.2. The molecular weight excluding hydrogens is 312 g/mol. The molecule has 5 N–H and O–H groups in total. The summed E-state index contributed by atoms with van der Waals surface area (Å²) in [4.78, 5) is 15.7. The first-order valence-corrected chi connectivity index (χ1v) is 7.06. The number of aryl methyl sites for hydroxylation is 1. The van der Waals surface area contributed by atoms with Gasteiger partial charge >= 0.3 is 0 Å². The summed E-state index contributed by atoms with van der Waals surface area (Å²) in [6, 6.07) is 9.42. The lowest BCUT2D eigenvalue weighted by Gasteiger charge is -2.03. The van der Waals surface area contributed by atoms with Gasteiger partial charge in [0.25, 0.3) is 0 Å². The summed E-state index contributed by atoms with van der Waals surface area (Å²) in [6.07, 6.45) is 4.49. The third-order valence-electron chi connectivity index (χ3n) is 3.02. The number of thiocarbonyl (C=S) groups is 1. The number of carbonyl (C=O) groups excluding carboxylic acids is 1. The molecule has 118 valence electrons. The lowest BCUT2D eigenvalue weighted by atomic mass is 10.1. The van der Waals surface area contributed by atoms with Gasteiger partial charge in [0.1, 0.15) is 0 Å². The van der Waals surface area contributed by atoms with E-state index in [1.807, 2.05) is 42.9 Å². The highest BCUT2D eigenvalue weighted by molar-refractivity contribution is 7.80. The molecule has 0 radical (unpaired) electrons. The van der Waals surface area contributed by atoms with Crippen LogP contribution >= 0.6 is 12.2 Å². The zero-order chi connectivity index (χ0) is 16.8. The molecule has 0 aliphatic carbocycles. The highest BCUT2D eigenvalue weighted by Gasteiger charge is 2.07. The fourth-order valence-corrected chi connectivity index (χ4v) is 2.00. The zero-order valence-electron chi connectivity index (χ0n) is 12.4. The standard InChI is InChI=1S/C14H11N3O.CH5N3S/c1-17-8-11(7-15-17)14-6-10(9-18)12-4-2-3-5-13(12)16-14;2-1(5)4-3/h2-9H,1H3;3H2,(H3,2,4,5). The lowest BCUT2D eigenvalue weighted by Crippen LogP contribution is -2.34. The van der Waals surface area contributed by atoms with Gasteiger partial charge in [0.05, 0.1) is 17.4 Å². The van der Waals surface area contributed by atoms with Gasteiger partial charge in [-0.2, -0.15) is 5.10 Å². The van der Waals surface area contributed by atoms with Gasteiger partial charge in [-0.15, -0.1) is 0 Å². The number of benzene rings is 1. The molecule has 3 aromatic rings. The van der Waals surface area contributed by atoms with Crippen LogP contribution in [0.3, 0.4) is 0 Å². The maximum absolute atomic E-state index is 11.2. The van der Waals surface area contributed by atoms with Gasteiger partial charge < -0.3 is 11.2 Å². The molecule has 7 nitrogen and oxygen atoms in total. The van der Waals surface area contributed by atoms with Crippen molar-refractivity contribution in [2.75, 3.05) is 0 Å². The predicted octanol–water partition coefficient (Wildman–Crippen LogP) is 1.14. The Morgan fingerprint density at radius 2 is 2.09 bits per heavy atom. The highest BCUT2D eigenvalue weighted by Crippen LogP contribution is 2.23. The van der Waals surface area contributed by atoms with E-state index in [2.05, 4.69) is 28.1 Å². The molecule has 0 unspecified atom stereocenters. The van der Waals surface area contributed by atoms with Crippen molar-refractivity contribution in [1.29, 1.82) is 0 Å². The molecule has 0 saturated heterocycles. The van der Waals surface area contributed by atoms with E-state index in [4.69, 9.17) is 5.73 Å². The molecule has 2 heterocycles. The second-order valence-corrected chi connectivity index (χ2v) is 5.08. The molecule has 2 aromatic heterocycles. The fourth-order valence-electron chi connectivity index (χ4n) is 2.00. The summed E-state index contributed by atoms with van der Waals surface area (Å²) in [5.41, 5.74) is 9.97. The van der Waals surface area contributed by atoms with Crippen LogP contribution in [0.4, 0.5) is 0 Å². The molecule has 0 bridgehead atoms. The predicted molar refractivity (Wildman–Crippen MR) is 93.4 cm³/mol. The normalized spacial score (nSPS) is 9.83. The number of rotatable bonds is 2. The Labute approximate surface area is 138 Å². The van der Waals surface area contributed by atoms with Crippen molar-refractivity contribution in [2.24, 2.45) is 18.6 Å². The number of para-hydroxylation sites is 1. The Kier molecular flexibility index (Phi) is 5.34. The number of aldehydes is 1. The van der Waals surface area contributed by atoms with Crippen molar-refractivity contribution in [3.05, 3.63) is 48.3 Å². The van der Waals surface area contributed by atoms with E-state index in [9.17, 15) is 4.79 Å². The van der Waals surface area contributed by atoms with Crippen molar-refractivity contribution in [1.82, 2.24) is 20.2 Å². The van der Waals surface area contributed by atoms with E-state index >= 15 is 0 Å². The van der Waals surface area contributed by atoms with Crippen molar-refractivity contribution in [3.8, 4) is 11.3 Å². The monoisotopic (exact) mass is 328 g/mol. The summed E-state index contributed by atoms with van der Waals surface area (Å²) in [5, 5.41) is 5.11. The molecule has 0 amide bonds.